The molecule has 9 heteroatoms. The van der Waals surface area contributed by atoms with E-state index in [4.69, 9.17) is 4.42 Å². The molecule has 2 aromatic heterocycles. The van der Waals surface area contributed by atoms with Gasteiger partial charge in [0.25, 0.3) is 5.91 Å². The Labute approximate surface area is 125 Å². The Morgan fingerprint density at radius 1 is 1.36 bits per heavy atom. The molecule has 3 rings (SSSR count). The maximum absolute atomic E-state index is 12.1. The molecule has 1 fully saturated rings. The van der Waals surface area contributed by atoms with Crippen LogP contribution in [0.3, 0.4) is 0 Å². The third-order valence-corrected chi connectivity index (χ3v) is 3.34. The number of nitrogens with one attached hydrogen (secondary N) is 1. The maximum Gasteiger partial charge on any atom is 0.433 e. The summed E-state index contributed by atoms with van der Waals surface area (Å²) in [6.07, 6.45) is 5.06. The van der Waals surface area contributed by atoms with Crippen LogP contribution in [0, 0.1) is 10.1 Å². The molecule has 114 valence electrons. The molecule has 0 unspecified atom stereocenters. The molecule has 0 radical (unpaired) electrons. The van der Waals surface area contributed by atoms with Gasteiger partial charge in [0.15, 0.2) is 11.6 Å². The first kappa shape index (κ1) is 14.0. The topological polar surface area (TPSA) is 114 Å². The van der Waals surface area contributed by atoms with Crippen molar-refractivity contribution in [2.45, 2.75) is 12.8 Å². The van der Waals surface area contributed by atoms with Crippen LogP contribution in [0.4, 0.5) is 17.4 Å². The number of aromatic nitrogens is 2. The van der Waals surface area contributed by atoms with Crippen LogP contribution < -0.4 is 10.2 Å². The molecule has 0 spiro atoms. The standard InChI is InChI=1S/C13H13N5O4/c19-13(10-3-4-11(22-10)18(20)21)16-9-7-14-8-15-12(9)17-5-1-2-6-17/h3-4,7-8H,1-2,5-6H2,(H,16,19). The molecular weight excluding hydrogens is 290 g/mol. The molecule has 9 nitrogen and oxygen atoms in total. The Balaban J connectivity index is 1.80. The summed E-state index contributed by atoms with van der Waals surface area (Å²) in [5.74, 6) is -0.553. The average Bonchev–Trinajstić information content (AvgIpc) is 3.19. The van der Waals surface area contributed by atoms with Gasteiger partial charge < -0.3 is 14.6 Å². The molecule has 0 aliphatic carbocycles. The highest BCUT2D eigenvalue weighted by molar-refractivity contribution is 6.03. The zero-order chi connectivity index (χ0) is 15.5. The van der Waals surface area contributed by atoms with Crippen LogP contribution in [0.2, 0.25) is 0 Å². The average molecular weight is 303 g/mol. The van der Waals surface area contributed by atoms with Gasteiger partial charge in [-0.05, 0) is 18.9 Å². The van der Waals surface area contributed by atoms with Gasteiger partial charge in [0, 0.05) is 13.1 Å². The number of hydrogen-bond donors (Lipinski definition) is 1. The number of carbonyl (C=O) groups is 1. The fourth-order valence-electron chi connectivity index (χ4n) is 2.32. The summed E-state index contributed by atoms with van der Waals surface area (Å²) in [7, 11) is 0. The quantitative estimate of drug-likeness (QED) is 0.676. The van der Waals surface area contributed by atoms with Gasteiger partial charge in [-0.15, -0.1) is 0 Å². The normalized spacial score (nSPS) is 14.1. The molecule has 0 bridgehead atoms. The lowest BCUT2D eigenvalue weighted by Crippen LogP contribution is -2.22. The predicted molar refractivity (Wildman–Crippen MR) is 76.8 cm³/mol. The molecule has 2 aromatic rings. The van der Waals surface area contributed by atoms with Gasteiger partial charge in [-0.2, -0.15) is 0 Å². The highest BCUT2D eigenvalue weighted by atomic mass is 16.6. The number of hydrogen-bond acceptors (Lipinski definition) is 7. The van der Waals surface area contributed by atoms with Crippen molar-refractivity contribution in [1.82, 2.24) is 9.97 Å². The van der Waals surface area contributed by atoms with Gasteiger partial charge in [-0.25, -0.2) is 9.97 Å². The van der Waals surface area contributed by atoms with E-state index in [1.165, 1.54) is 18.6 Å². The highest BCUT2D eigenvalue weighted by Gasteiger charge is 2.21. The molecule has 0 atom stereocenters. The second kappa shape index (κ2) is 5.80. The summed E-state index contributed by atoms with van der Waals surface area (Å²) in [6, 6.07) is 2.39. The fraction of sp³-hybridized carbons (Fsp3) is 0.308. The molecule has 1 saturated heterocycles. The lowest BCUT2D eigenvalue weighted by atomic mass is 10.3. The number of nitrogens with zero attached hydrogens (tertiary/aromatic N) is 4. The van der Waals surface area contributed by atoms with Crippen LogP contribution in [0.5, 0.6) is 0 Å². The third kappa shape index (κ3) is 2.73. The van der Waals surface area contributed by atoms with Crippen molar-refractivity contribution in [3.63, 3.8) is 0 Å². The van der Waals surface area contributed by atoms with E-state index in [9.17, 15) is 14.9 Å². The lowest BCUT2D eigenvalue weighted by molar-refractivity contribution is -0.402. The number of furan rings is 1. The monoisotopic (exact) mass is 303 g/mol. The number of rotatable bonds is 4. The summed E-state index contributed by atoms with van der Waals surface area (Å²) < 4.78 is 4.88. The number of amides is 1. The summed E-state index contributed by atoms with van der Waals surface area (Å²) in [5.41, 5.74) is 0.452. The molecular formula is C13H13N5O4. The molecule has 1 aliphatic rings. The second-order valence-corrected chi connectivity index (χ2v) is 4.80. The number of carbonyl (C=O) groups excluding carboxylic acids is 1. The fourth-order valence-corrected chi connectivity index (χ4v) is 2.32. The minimum atomic E-state index is -0.696. The van der Waals surface area contributed by atoms with Crippen molar-refractivity contribution in [2.24, 2.45) is 0 Å². The lowest BCUT2D eigenvalue weighted by Gasteiger charge is -2.19. The predicted octanol–water partition coefficient (Wildman–Crippen LogP) is 1.83. The Bertz CT molecular complexity index is 708. The minimum absolute atomic E-state index is 0.136. The Kier molecular flexibility index (Phi) is 3.69. The maximum atomic E-state index is 12.1. The van der Waals surface area contributed by atoms with Crippen LogP contribution in [0.25, 0.3) is 0 Å². The summed E-state index contributed by atoms with van der Waals surface area (Å²) in [5, 5.41) is 13.2. The highest BCUT2D eigenvalue weighted by Crippen LogP contribution is 2.26. The van der Waals surface area contributed by atoms with E-state index in [2.05, 4.69) is 20.2 Å². The molecule has 1 amide bonds. The smallest absolute Gasteiger partial charge is 0.395 e. The van der Waals surface area contributed by atoms with Gasteiger partial charge >= 0.3 is 5.88 Å². The van der Waals surface area contributed by atoms with E-state index in [1.807, 2.05) is 0 Å². The summed E-state index contributed by atoms with van der Waals surface area (Å²) in [4.78, 5) is 32.2. The Morgan fingerprint density at radius 3 is 2.82 bits per heavy atom. The van der Waals surface area contributed by atoms with Gasteiger partial charge in [0.05, 0.1) is 12.3 Å². The molecule has 1 aliphatic heterocycles. The van der Waals surface area contributed by atoms with Crippen LogP contribution in [-0.4, -0.2) is 33.9 Å². The van der Waals surface area contributed by atoms with E-state index < -0.39 is 16.7 Å². The van der Waals surface area contributed by atoms with Crippen LogP contribution >= 0.6 is 0 Å². The Hall–Kier alpha value is -2.97. The van der Waals surface area contributed by atoms with E-state index in [0.29, 0.717) is 11.5 Å². The third-order valence-electron chi connectivity index (χ3n) is 3.34. The molecule has 3 heterocycles. The molecule has 0 aromatic carbocycles. The molecule has 0 saturated carbocycles. The first-order chi connectivity index (χ1) is 10.6. The van der Waals surface area contributed by atoms with Crippen LogP contribution in [0.15, 0.2) is 29.1 Å². The van der Waals surface area contributed by atoms with Crippen molar-refractivity contribution < 1.29 is 14.1 Å². The first-order valence-electron chi connectivity index (χ1n) is 6.75. The van der Waals surface area contributed by atoms with Crippen molar-refractivity contribution >= 4 is 23.3 Å². The zero-order valence-electron chi connectivity index (χ0n) is 11.6. The number of anilines is 2. The number of nitro groups is 1. The van der Waals surface area contributed by atoms with Crippen LogP contribution in [0.1, 0.15) is 23.4 Å². The van der Waals surface area contributed by atoms with Crippen LogP contribution in [-0.2, 0) is 0 Å². The second-order valence-electron chi connectivity index (χ2n) is 4.80. The van der Waals surface area contributed by atoms with Crippen molar-refractivity contribution in [2.75, 3.05) is 23.3 Å². The summed E-state index contributed by atoms with van der Waals surface area (Å²) >= 11 is 0. The van der Waals surface area contributed by atoms with Crippen molar-refractivity contribution in [1.29, 1.82) is 0 Å². The van der Waals surface area contributed by atoms with Gasteiger partial charge in [-0.3, -0.25) is 14.9 Å². The molecule has 1 N–H and O–H groups in total. The molecule has 22 heavy (non-hydrogen) atoms. The van der Waals surface area contributed by atoms with Gasteiger partial charge in [0.1, 0.15) is 16.9 Å². The van der Waals surface area contributed by atoms with E-state index in [-0.39, 0.29) is 5.76 Å². The van der Waals surface area contributed by atoms with E-state index in [0.717, 1.165) is 32.0 Å². The van der Waals surface area contributed by atoms with Crippen molar-refractivity contribution in [3.05, 3.63) is 40.5 Å². The Morgan fingerprint density at radius 2 is 2.14 bits per heavy atom. The SMILES string of the molecule is O=C(Nc1cncnc1N1CCCC1)c1ccc([N+](=O)[O-])o1. The van der Waals surface area contributed by atoms with Gasteiger partial charge in [0.2, 0.25) is 0 Å². The zero-order valence-corrected chi connectivity index (χ0v) is 11.6. The van der Waals surface area contributed by atoms with E-state index >= 15 is 0 Å². The van der Waals surface area contributed by atoms with Gasteiger partial charge in [-0.1, -0.05) is 0 Å². The van der Waals surface area contributed by atoms with E-state index in [1.54, 1.807) is 0 Å². The first-order valence-corrected chi connectivity index (χ1v) is 6.75. The minimum Gasteiger partial charge on any atom is -0.395 e. The largest absolute Gasteiger partial charge is 0.433 e. The van der Waals surface area contributed by atoms with Crippen molar-refractivity contribution in [3.8, 4) is 0 Å². The summed E-state index contributed by atoms with van der Waals surface area (Å²) in [6.45, 7) is 1.73.